The third-order valence-electron chi connectivity index (χ3n) is 3.28. The molecule has 4 heteroatoms. The van der Waals surface area contributed by atoms with Gasteiger partial charge in [0.05, 0.1) is 14.2 Å². The van der Waals surface area contributed by atoms with E-state index in [4.69, 9.17) is 9.47 Å². The SMILES string of the molecule is COc1ccc(C2(O)CCCNC2)cc1OC. The number of piperidine rings is 1. The summed E-state index contributed by atoms with van der Waals surface area (Å²) in [5, 5.41) is 13.8. The number of nitrogens with one attached hydrogen (secondary N) is 1. The molecule has 2 N–H and O–H groups in total. The van der Waals surface area contributed by atoms with E-state index >= 15 is 0 Å². The molecule has 1 atom stereocenters. The van der Waals surface area contributed by atoms with E-state index in [9.17, 15) is 5.11 Å². The van der Waals surface area contributed by atoms with E-state index in [1.165, 1.54) is 0 Å². The molecule has 1 unspecified atom stereocenters. The van der Waals surface area contributed by atoms with Crippen LogP contribution < -0.4 is 14.8 Å². The molecule has 17 heavy (non-hydrogen) atoms. The van der Waals surface area contributed by atoms with Gasteiger partial charge in [-0.15, -0.1) is 0 Å². The number of hydrogen-bond donors (Lipinski definition) is 2. The van der Waals surface area contributed by atoms with Gasteiger partial charge in [0.1, 0.15) is 5.60 Å². The van der Waals surface area contributed by atoms with Crippen LogP contribution in [0.15, 0.2) is 18.2 Å². The predicted octanol–water partition coefficient (Wildman–Crippen LogP) is 1.27. The van der Waals surface area contributed by atoms with Gasteiger partial charge in [-0.1, -0.05) is 6.07 Å². The summed E-state index contributed by atoms with van der Waals surface area (Å²) in [5.41, 5.74) is 0.0833. The van der Waals surface area contributed by atoms with Gasteiger partial charge in [-0.2, -0.15) is 0 Å². The Balaban J connectivity index is 2.32. The number of hydrogen-bond acceptors (Lipinski definition) is 4. The fourth-order valence-electron chi connectivity index (χ4n) is 2.26. The third kappa shape index (κ3) is 2.37. The van der Waals surface area contributed by atoms with Crippen molar-refractivity contribution in [3.63, 3.8) is 0 Å². The van der Waals surface area contributed by atoms with Crippen LogP contribution in [0.1, 0.15) is 18.4 Å². The summed E-state index contributed by atoms with van der Waals surface area (Å²) in [6.45, 7) is 1.55. The molecule has 1 aliphatic heterocycles. The van der Waals surface area contributed by atoms with Crippen LogP contribution in [0.4, 0.5) is 0 Å². The molecule has 4 nitrogen and oxygen atoms in total. The van der Waals surface area contributed by atoms with Gasteiger partial charge < -0.3 is 19.9 Å². The number of aliphatic hydroxyl groups is 1. The summed E-state index contributed by atoms with van der Waals surface area (Å²) < 4.78 is 10.4. The summed E-state index contributed by atoms with van der Waals surface area (Å²) in [6, 6.07) is 5.58. The molecule has 0 radical (unpaired) electrons. The molecule has 0 aromatic heterocycles. The highest BCUT2D eigenvalue weighted by molar-refractivity contribution is 5.44. The van der Waals surface area contributed by atoms with Crippen LogP contribution in [0.2, 0.25) is 0 Å². The van der Waals surface area contributed by atoms with Crippen LogP contribution in [0.25, 0.3) is 0 Å². The van der Waals surface area contributed by atoms with Crippen molar-refractivity contribution in [2.75, 3.05) is 27.3 Å². The molecular formula is C13H19NO3. The Morgan fingerprint density at radius 2 is 2.00 bits per heavy atom. The van der Waals surface area contributed by atoms with Gasteiger partial charge in [0.2, 0.25) is 0 Å². The second-order valence-electron chi connectivity index (χ2n) is 4.38. The fourth-order valence-corrected chi connectivity index (χ4v) is 2.26. The highest BCUT2D eigenvalue weighted by atomic mass is 16.5. The number of benzene rings is 1. The van der Waals surface area contributed by atoms with Crippen molar-refractivity contribution < 1.29 is 14.6 Å². The van der Waals surface area contributed by atoms with Gasteiger partial charge in [-0.05, 0) is 37.1 Å². The van der Waals surface area contributed by atoms with Crippen molar-refractivity contribution in [1.82, 2.24) is 5.32 Å². The van der Waals surface area contributed by atoms with Gasteiger partial charge in [0.15, 0.2) is 11.5 Å². The predicted molar refractivity (Wildman–Crippen MR) is 65.5 cm³/mol. The summed E-state index contributed by atoms with van der Waals surface area (Å²) in [7, 11) is 3.21. The normalized spacial score (nSPS) is 24.4. The Hall–Kier alpha value is -1.26. The van der Waals surface area contributed by atoms with Crippen molar-refractivity contribution in [2.24, 2.45) is 0 Å². The maximum absolute atomic E-state index is 10.6. The zero-order chi connectivity index (χ0) is 12.3. The first-order valence-electron chi connectivity index (χ1n) is 5.85. The Morgan fingerprint density at radius 1 is 1.24 bits per heavy atom. The van der Waals surface area contributed by atoms with Gasteiger partial charge in [-0.25, -0.2) is 0 Å². The van der Waals surface area contributed by atoms with Crippen LogP contribution in [-0.4, -0.2) is 32.4 Å². The largest absolute Gasteiger partial charge is 0.493 e. The molecule has 1 heterocycles. The Bertz CT molecular complexity index is 386. The van der Waals surface area contributed by atoms with Crippen LogP contribution in [0.3, 0.4) is 0 Å². The van der Waals surface area contributed by atoms with E-state index < -0.39 is 5.60 Å². The molecule has 0 amide bonds. The lowest BCUT2D eigenvalue weighted by Gasteiger charge is -2.33. The van der Waals surface area contributed by atoms with Gasteiger partial charge in [-0.3, -0.25) is 0 Å². The van der Waals surface area contributed by atoms with Crippen molar-refractivity contribution in [1.29, 1.82) is 0 Å². The minimum Gasteiger partial charge on any atom is -0.493 e. The zero-order valence-electron chi connectivity index (χ0n) is 10.3. The summed E-state index contributed by atoms with van der Waals surface area (Å²) in [4.78, 5) is 0. The number of ether oxygens (including phenoxy) is 2. The van der Waals surface area contributed by atoms with Gasteiger partial charge in [0.25, 0.3) is 0 Å². The molecule has 0 saturated carbocycles. The smallest absolute Gasteiger partial charge is 0.161 e. The number of rotatable bonds is 3. The lowest BCUT2D eigenvalue weighted by atomic mass is 9.86. The van der Waals surface area contributed by atoms with E-state index in [1.54, 1.807) is 14.2 Å². The lowest BCUT2D eigenvalue weighted by molar-refractivity contribution is 0.0121. The summed E-state index contributed by atoms with van der Waals surface area (Å²) >= 11 is 0. The molecule has 2 rings (SSSR count). The second kappa shape index (κ2) is 4.94. The van der Waals surface area contributed by atoms with Crippen LogP contribution in [-0.2, 0) is 5.60 Å². The Morgan fingerprint density at radius 3 is 2.59 bits per heavy atom. The third-order valence-corrected chi connectivity index (χ3v) is 3.28. The topological polar surface area (TPSA) is 50.7 Å². The molecule has 1 aliphatic rings. The molecule has 0 aliphatic carbocycles. The summed E-state index contributed by atoms with van der Waals surface area (Å²) in [5.74, 6) is 1.34. The lowest BCUT2D eigenvalue weighted by Crippen LogP contribution is -2.43. The molecule has 94 valence electrons. The second-order valence-corrected chi connectivity index (χ2v) is 4.38. The van der Waals surface area contributed by atoms with Gasteiger partial charge in [0, 0.05) is 6.54 Å². The van der Waals surface area contributed by atoms with E-state index in [1.807, 2.05) is 18.2 Å². The minimum absolute atomic E-state index is 0.586. The van der Waals surface area contributed by atoms with Gasteiger partial charge >= 0.3 is 0 Å². The molecule has 0 spiro atoms. The van der Waals surface area contributed by atoms with E-state index in [0.717, 1.165) is 24.9 Å². The van der Waals surface area contributed by atoms with E-state index in [-0.39, 0.29) is 0 Å². The molecular weight excluding hydrogens is 218 g/mol. The molecule has 0 bridgehead atoms. The van der Waals surface area contributed by atoms with Crippen LogP contribution >= 0.6 is 0 Å². The fraction of sp³-hybridized carbons (Fsp3) is 0.538. The first-order valence-corrected chi connectivity index (χ1v) is 5.85. The minimum atomic E-state index is -0.794. The molecule has 1 aromatic rings. The Labute approximate surface area is 102 Å². The average Bonchev–Trinajstić information content (AvgIpc) is 2.38. The Kier molecular flexibility index (Phi) is 3.54. The van der Waals surface area contributed by atoms with Crippen molar-refractivity contribution in [3.8, 4) is 11.5 Å². The van der Waals surface area contributed by atoms with E-state index in [0.29, 0.717) is 18.0 Å². The quantitative estimate of drug-likeness (QED) is 0.831. The number of β-amino-alcohol motifs (C(OH)–C–C–N with tert-alkyl or cyclic N) is 1. The van der Waals surface area contributed by atoms with Crippen LogP contribution in [0.5, 0.6) is 11.5 Å². The molecule has 1 fully saturated rings. The molecule has 1 saturated heterocycles. The van der Waals surface area contributed by atoms with Crippen molar-refractivity contribution in [2.45, 2.75) is 18.4 Å². The van der Waals surface area contributed by atoms with Crippen LogP contribution in [0, 0.1) is 0 Å². The summed E-state index contributed by atoms with van der Waals surface area (Å²) in [6.07, 6.45) is 1.75. The number of methoxy groups -OCH3 is 2. The molecule has 1 aromatic carbocycles. The standard InChI is InChI=1S/C13H19NO3/c1-16-11-5-4-10(8-12(11)17-2)13(15)6-3-7-14-9-13/h4-5,8,14-15H,3,6-7,9H2,1-2H3. The first kappa shape index (κ1) is 12.2. The first-order chi connectivity index (χ1) is 8.19. The highest BCUT2D eigenvalue weighted by Crippen LogP contribution is 2.35. The highest BCUT2D eigenvalue weighted by Gasteiger charge is 2.31. The average molecular weight is 237 g/mol. The maximum Gasteiger partial charge on any atom is 0.161 e. The zero-order valence-corrected chi connectivity index (χ0v) is 10.3. The van der Waals surface area contributed by atoms with E-state index in [2.05, 4.69) is 5.32 Å². The van der Waals surface area contributed by atoms with Crippen molar-refractivity contribution >= 4 is 0 Å². The van der Waals surface area contributed by atoms with Crippen molar-refractivity contribution in [3.05, 3.63) is 23.8 Å². The maximum atomic E-state index is 10.6. The monoisotopic (exact) mass is 237 g/mol.